The van der Waals surface area contributed by atoms with E-state index in [0.29, 0.717) is 11.7 Å². The first-order valence-electron chi connectivity index (χ1n) is 4.15. The molecule has 0 amide bonds. The van der Waals surface area contributed by atoms with Gasteiger partial charge in [0, 0.05) is 11.9 Å². The van der Waals surface area contributed by atoms with Gasteiger partial charge in [-0.25, -0.2) is 4.98 Å². The molecular formula is C9H12N2S. The minimum atomic E-state index is 0.615. The van der Waals surface area contributed by atoms with Crippen LogP contribution in [0.5, 0.6) is 0 Å². The Morgan fingerprint density at radius 3 is 3.00 bits per heavy atom. The molecule has 0 bridgehead atoms. The Hall–Kier alpha value is -0.700. The molecule has 0 unspecified atom stereocenters. The van der Waals surface area contributed by atoms with Gasteiger partial charge in [-0.2, -0.15) is 11.8 Å². The van der Waals surface area contributed by atoms with Gasteiger partial charge in [-0.3, -0.25) is 0 Å². The number of anilines is 1. The summed E-state index contributed by atoms with van der Waals surface area (Å²) in [7, 11) is 0. The largest absolute Gasteiger partial charge is 0.384 e. The van der Waals surface area contributed by atoms with Crippen molar-refractivity contribution in [3.63, 3.8) is 0 Å². The highest BCUT2D eigenvalue weighted by Gasteiger charge is 2.17. The summed E-state index contributed by atoms with van der Waals surface area (Å²) in [6.07, 6.45) is 3.20. The number of nitrogens with two attached hydrogens (primary N) is 1. The van der Waals surface area contributed by atoms with E-state index >= 15 is 0 Å². The van der Waals surface area contributed by atoms with Crippen molar-refractivity contribution in [3.8, 4) is 0 Å². The first-order chi connectivity index (χ1) is 5.86. The maximum atomic E-state index is 5.51. The maximum absolute atomic E-state index is 5.51. The van der Waals surface area contributed by atoms with Crippen LogP contribution < -0.4 is 5.73 Å². The van der Waals surface area contributed by atoms with Crippen LogP contribution in [0, 0.1) is 0 Å². The van der Waals surface area contributed by atoms with Crippen LogP contribution in [0.2, 0.25) is 0 Å². The summed E-state index contributed by atoms with van der Waals surface area (Å²) in [5, 5.41) is 0. The number of thioether (sulfide) groups is 1. The third kappa shape index (κ3) is 1.55. The Bertz CT molecular complexity index is 252. The van der Waals surface area contributed by atoms with Crippen molar-refractivity contribution >= 4 is 17.6 Å². The van der Waals surface area contributed by atoms with Crippen LogP contribution in [0.3, 0.4) is 0 Å². The van der Waals surface area contributed by atoms with E-state index in [4.69, 9.17) is 5.73 Å². The number of nitrogens with zero attached hydrogens (tertiary/aromatic N) is 1. The second-order valence-corrected chi connectivity index (χ2v) is 4.23. The van der Waals surface area contributed by atoms with Crippen molar-refractivity contribution in [2.24, 2.45) is 0 Å². The van der Waals surface area contributed by atoms with E-state index in [2.05, 4.69) is 11.1 Å². The number of nitrogen functional groups attached to an aromatic ring is 1. The quantitative estimate of drug-likeness (QED) is 0.717. The average molecular weight is 180 g/mol. The third-order valence-electron chi connectivity index (χ3n) is 2.21. The Labute approximate surface area is 76.6 Å². The molecule has 1 aliphatic heterocycles. The Morgan fingerprint density at radius 2 is 2.42 bits per heavy atom. The molecule has 64 valence electrons. The topological polar surface area (TPSA) is 38.9 Å². The molecule has 0 saturated carbocycles. The van der Waals surface area contributed by atoms with Crippen LogP contribution >= 0.6 is 11.8 Å². The van der Waals surface area contributed by atoms with Gasteiger partial charge < -0.3 is 5.73 Å². The first-order valence-corrected chi connectivity index (χ1v) is 5.31. The first kappa shape index (κ1) is 7.92. The van der Waals surface area contributed by atoms with Crippen molar-refractivity contribution in [2.75, 3.05) is 17.2 Å². The monoisotopic (exact) mass is 180 g/mol. The fourth-order valence-corrected chi connectivity index (χ4v) is 2.72. The minimum Gasteiger partial charge on any atom is -0.384 e. The van der Waals surface area contributed by atoms with Gasteiger partial charge in [0.2, 0.25) is 0 Å². The molecule has 12 heavy (non-hydrogen) atoms. The Kier molecular flexibility index (Phi) is 2.21. The second kappa shape index (κ2) is 3.35. The molecule has 2 N–H and O–H groups in total. The van der Waals surface area contributed by atoms with Gasteiger partial charge in [-0.05, 0) is 29.7 Å². The molecule has 2 nitrogen and oxygen atoms in total. The lowest BCUT2D eigenvalue weighted by molar-refractivity contribution is 0.778. The SMILES string of the molecule is Nc1ccc([C@@H]2CCSC2)cn1. The summed E-state index contributed by atoms with van der Waals surface area (Å²) in [6.45, 7) is 0. The third-order valence-corrected chi connectivity index (χ3v) is 3.37. The zero-order chi connectivity index (χ0) is 8.39. The van der Waals surface area contributed by atoms with Crippen LogP contribution in [0.1, 0.15) is 17.9 Å². The maximum Gasteiger partial charge on any atom is 0.123 e. The van der Waals surface area contributed by atoms with Crippen LogP contribution in [-0.2, 0) is 0 Å². The van der Waals surface area contributed by atoms with Crippen molar-refractivity contribution < 1.29 is 0 Å². The summed E-state index contributed by atoms with van der Waals surface area (Å²) >= 11 is 2.02. The van der Waals surface area contributed by atoms with Gasteiger partial charge in [-0.15, -0.1) is 0 Å². The molecule has 1 atom stereocenters. The predicted octanol–water partition coefficient (Wildman–Crippen LogP) is 1.88. The molecular weight excluding hydrogens is 168 g/mol. The summed E-state index contributed by atoms with van der Waals surface area (Å²) in [5.41, 5.74) is 6.85. The highest BCUT2D eigenvalue weighted by atomic mass is 32.2. The molecule has 0 spiro atoms. The van der Waals surface area contributed by atoms with E-state index in [1.807, 2.05) is 24.0 Å². The van der Waals surface area contributed by atoms with Gasteiger partial charge in [-0.1, -0.05) is 6.07 Å². The van der Waals surface area contributed by atoms with Crippen molar-refractivity contribution in [1.82, 2.24) is 4.98 Å². The minimum absolute atomic E-state index is 0.615. The molecule has 0 aromatic carbocycles. The second-order valence-electron chi connectivity index (χ2n) is 3.08. The van der Waals surface area contributed by atoms with Crippen molar-refractivity contribution in [3.05, 3.63) is 23.9 Å². The van der Waals surface area contributed by atoms with E-state index < -0.39 is 0 Å². The summed E-state index contributed by atoms with van der Waals surface area (Å²) in [5.74, 6) is 3.85. The van der Waals surface area contributed by atoms with Gasteiger partial charge >= 0.3 is 0 Å². The van der Waals surface area contributed by atoms with Gasteiger partial charge in [0.25, 0.3) is 0 Å². The lowest BCUT2D eigenvalue weighted by Gasteiger charge is -2.07. The Morgan fingerprint density at radius 1 is 1.50 bits per heavy atom. The normalized spacial score (nSPS) is 22.8. The summed E-state index contributed by atoms with van der Waals surface area (Å²) in [6, 6.07) is 3.98. The van der Waals surface area contributed by atoms with Crippen LogP contribution in [-0.4, -0.2) is 16.5 Å². The molecule has 1 saturated heterocycles. The molecule has 3 heteroatoms. The fourth-order valence-electron chi connectivity index (χ4n) is 1.46. The van der Waals surface area contributed by atoms with E-state index in [1.54, 1.807) is 0 Å². The van der Waals surface area contributed by atoms with Crippen molar-refractivity contribution in [1.29, 1.82) is 0 Å². The van der Waals surface area contributed by atoms with E-state index in [0.717, 1.165) is 0 Å². The highest BCUT2D eigenvalue weighted by molar-refractivity contribution is 7.99. The average Bonchev–Trinajstić information content (AvgIpc) is 2.58. The smallest absolute Gasteiger partial charge is 0.123 e. The van der Waals surface area contributed by atoms with Crippen LogP contribution in [0.15, 0.2) is 18.3 Å². The molecule has 1 fully saturated rings. The lowest BCUT2D eigenvalue weighted by atomic mass is 10.0. The molecule has 2 heterocycles. The zero-order valence-electron chi connectivity index (χ0n) is 6.86. The summed E-state index contributed by atoms with van der Waals surface area (Å²) in [4.78, 5) is 4.09. The number of pyridine rings is 1. The van der Waals surface area contributed by atoms with E-state index in [-0.39, 0.29) is 0 Å². The van der Waals surface area contributed by atoms with E-state index in [1.165, 1.54) is 23.5 Å². The number of hydrogen-bond donors (Lipinski definition) is 1. The number of aromatic nitrogens is 1. The molecule has 2 rings (SSSR count). The Balaban J connectivity index is 2.17. The fraction of sp³-hybridized carbons (Fsp3) is 0.444. The molecule has 1 aliphatic rings. The number of hydrogen-bond acceptors (Lipinski definition) is 3. The van der Waals surface area contributed by atoms with Crippen molar-refractivity contribution in [2.45, 2.75) is 12.3 Å². The molecule has 0 radical (unpaired) electrons. The van der Waals surface area contributed by atoms with Crippen LogP contribution in [0.4, 0.5) is 5.82 Å². The van der Waals surface area contributed by atoms with Crippen LogP contribution in [0.25, 0.3) is 0 Å². The molecule has 1 aromatic heterocycles. The highest BCUT2D eigenvalue weighted by Crippen LogP contribution is 2.31. The summed E-state index contributed by atoms with van der Waals surface area (Å²) < 4.78 is 0. The molecule has 0 aliphatic carbocycles. The van der Waals surface area contributed by atoms with E-state index in [9.17, 15) is 0 Å². The van der Waals surface area contributed by atoms with Gasteiger partial charge in [0.05, 0.1) is 0 Å². The van der Waals surface area contributed by atoms with Gasteiger partial charge in [0.15, 0.2) is 0 Å². The predicted molar refractivity (Wildman–Crippen MR) is 53.3 cm³/mol. The standard InChI is InChI=1S/C9H12N2S/c10-9-2-1-7(5-11-9)8-3-4-12-6-8/h1-2,5,8H,3-4,6H2,(H2,10,11)/t8-/m1/s1. The molecule has 1 aromatic rings. The lowest BCUT2D eigenvalue weighted by Crippen LogP contribution is -1.98. The van der Waals surface area contributed by atoms with Gasteiger partial charge in [0.1, 0.15) is 5.82 Å². The number of rotatable bonds is 1. The zero-order valence-corrected chi connectivity index (χ0v) is 7.68.